The van der Waals surface area contributed by atoms with Crippen molar-refractivity contribution in [2.45, 2.75) is 6.42 Å². The number of amides is 2. The number of carbonyl (C=O) groups is 2. The summed E-state index contributed by atoms with van der Waals surface area (Å²) in [5.74, 6) is -0.620. The van der Waals surface area contributed by atoms with Crippen molar-refractivity contribution in [3.63, 3.8) is 0 Å². The van der Waals surface area contributed by atoms with E-state index < -0.39 is 0 Å². The first-order valence-electron chi connectivity index (χ1n) is 5.90. The Balaban J connectivity index is 2.11. The zero-order valence-electron chi connectivity index (χ0n) is 10.8. The molecule has 102 valence electrons. The molecule has 0 saturated carbocycles. The third-order valence-corrected chi connectivity index (χ3v) is 3.45. The fraction of sp³-hybridized carbons (Fsp3) is 0.385. The summed E-state index contributed by atoms with van der Waals surface area (Å²) in [4.78, 5) is 30.4. The van der Waals surface area contributed by atoms with E-state index in [0.29, 0.717) is 11.6 Å². The van der Waals surface area contributed by atoms with Crippen LogP contribution in [0.5, 0.6) is 0 Å². The largest absolute Gasteiger partial charge is 0.312 e. The van der Waals surface area contributed by atoms with Crippen molar-refractivity contribution < 1.29 is 14.4 Å². The van der Waals surface area contributed by atoms with Gasteiger partial charge in [-0.15, -0.1) is 0 Å². The molecule has 1 aromatic rings. The van der Waals surface area contributed by atoms with Crippen LogP contribution in [0.4, 0.5) is 5.69 Å². The molecule has 2 amide bonds. The van der Waals surface area contributed by atoms with E-state index in [-0.39, 0.29) is 24.2 Å². The third kappa shape index (κ3) is 2.88. The normalized spacial score (nSPS) is 18.8. The minimum atomic E-state index is -0.367. The van der Waals surface area contributed by atoms with Gasteiger partial charge in [0.15, 0.2) is 0 Å². The second-order valence-electron chi connectivity index (χ2n) is 4.40. The van der Waals surface area contributed by atoms with Crippen molar-refractivity contribution in [1.29, 1.82) is 0 Å². The van der Waals surface area contributed by atoms with Crippen molar-refractivity contribution in [2.24, 2.45) is 5.92 Å². The summed E-state index contributed by atoms with van der Waals surface area (Å²) >= 11 is 5.81. The standard InChI is InChI=1S/C13H15ClN2O3/c1-15(19-2)13(18)9-7-12(17)16(8-9)11-5-3-10(14)4-6-11/h3-6,9H,7-8H2,1-2H3/t9-/m1/s1. The summed E-state index contributed by atoms with van der Waals surface area (Å²) in [6, 6.07) is 6.99. The fourth-order valence-electron chi connectivity index (χ4n) is 2.09. The lowest BCUT2D eigenvalue weighted by atomic mass is 10.1. The number of halogens is 1. The highest BCUT2D eigenvalue weighted by molar-refractivity contribution is 6.30. The van der Waals surface area contributed by atoms with Crippen LogP contribution >= 0.6 is 11.6 Å². The van der Waals surface area contributed by atoms with Crippen LogP contribution in [0.3, 0.4) is 0 Å². The Hall–Kier alpha value is -1.59. The SMILES string of the molecule is CON(C)C(=O)[C@@H]1CC(=O)N(c2ccc(Cl)cc2)C1. The molecule has 0 radical (unpaired) electrons. The molecular formula is C13H15ClN2O3. The molecule has 1 aliphatic heterocycles. The molecule has 1 aromatic carbocycles. The molecule has 0 unspecified atom stereocenters. The van der Waals surface area contributed by atoms with Crippen LogP contribution in [-0.2, 0) is 14.4 Å². The van der Waals surface area contributed by atoms with Gasteiger partial charge in [-0.3, -0.25) is 14.4 Å². The van der Waals surface area contributed by atoms with E-state index in [4.69, 9.17) is 16.4 Å². The van der Waals surface area contributed by atoms with Crippen molar-refractivity contribution in [2.75, 3.05) is 25.6 Å². The predicted molar refractivity (Wildman–Crippen MR) is 71.7 cm³/mol. The van der Waals surface area contributed by atoms with Gasteiger partial charge in [0.1, 0.15) is 0 Å². The maximum absolute atomic E-state index is 12.0. The lowest BCUT2D eigenvalue weighted by Gasteiger charge is -2.19. The first-order valence-corrected chi connectivity index (χ1v) is 6.28. The van der Waals surface area contributed by atoms with E-state index in [1.807, 2.05) is 0 Å². The minimum absolute atomic E-state index is 0.0647. The van der Waals surface area contributed by atoms with Crippen molar-refractivity contribution >= 4 is 29.1 Å². The number of carbonyl (C=O) groups excluding carboxylic acids is 2. The monoisotopic (exact) mass is 282 g/mol. The average Bonchev–Trinajstić information content (AvgIpc) is 2.80. The van der Waals surface area contributed by atoms with Crippen LogP contribution in [0, 0.1) is 5.92 Å². The molecule has 2 rings (SSSR count). The van der Waals surface area contributed by atoms with Crippen molar-refractivity contribution in [3.8, 4) is 0 Å². The number of anilines is 1. The zero-order chi connectivity index (χ0) is 14.0. The Morgan fingerprint density at radius 1 is 1.42 bits per heavy atom. The first kappa shape index (κ1) is 13.8. The van der Waals surface area contributed by atoms with Gasteiger partial charge in [-0.2, -0.15) is 0 Å². The van der Waals surface area contributed by atoms with E-state index in [0.717, 1.165) is 10.8 Å². The highest BCUT2D eigenvalue weighted by Crippen LogP contribution is 2.27. The summed E-state index contributed by atoms with van der Waals surface area (Å²) < 4.78 is 0. The molecule has 6 heteroatoms. The maximum Gasteiger partial charge on any atom is 0.251 e. The Morgan fingerprint density at radius 2 is 2.05 bits per heavy atom. The van der Waals surface area contributed by atoms with Crippen molar-refractivity contribution in [3.05, 3.63) is 29.3 Å². The van der Waals surface area contributed by atoms with E-state index in [1.165, 1.54) is 14.2 Å². The van der Waals surface area contributed by atoms with Gasteiger partial charge in [-0.1, -0.05) is 11.6 Å². The number of hydrogen-bond donors (Lipinski definition) is 0. The van der Waals surface area contributed by atoms with E-state index in [9.17, 15) is 9.59 Å². The molecular weight excluding hydrogens is 268 g/mol. The van der Waals surface area contributed by atoms with E-state index >= 15 is 0 Å². The fourth-order valence-corrected chi connectivity index (χ4v) is 2.22. The molecule has 0 aromatic heterocycles. The van der Waals surface area contributed by atoms with Gasteiger partial charge >= 0.3 is 0 Å². The first-order chi connectivity index (χ1) is 9.02. The lowest BCUT2D eigenvalue weighted by molar-refractivity contribution is -0.172. The Kier molecular flexibility index (Phi) is 4.07. The molecule has 1 saturated heterocycles. The van der Waals surface area contributed by atoms with Crippen LogP contribution in [-0.4, -0.2) is 37.6 Å². The van der Waals surface area contributed by atoms with Crippen LogP contribution < -0.4 is 4.90 Å². The van der Waals surface area contributed by atoms with Gasteiger partial charge in [0, 0.05) is 30.7 Å². The molecule has 0 N–H and O–H groups in total. The molecule has 5 nitrogen and oxygen atoms in total. The number of hydroxylamine groups is 2. The Bertz CT molecular complexity index is 489. The van der Waals surface area contributed by atoms with Gasteiger partial charge in [0.05, 0.1) is 13.0 Å². The van der Waals surface area contributed by atoms with Crippen LogP contribution in [0.25, 0.3) is 0 Å². The predicted octanol–water partition coefficient (Wildman–Crippen LogP) is 1.71. The molecule has 0 spiro atoms. The average molecular weight is 283 g/mol. The van der Waals surface area contributed by atoms with E-state index in [2.05, 4.69) is 0 Å². The van der Waals surface area contributed by atoms with Gasteiger partial charge < -0.3 is 4.90 Å². The van der Waals surface area contributed by atoms with Gasteiger partial charge in [0.25, 0.3) is 5.91 Å². The molecule has 1 atom stereocenters. The second-order valence-corrected chi connectivity index (χ2v) is 4.84. The maximum atomic E-state index is 12.0. The summed E-state index contributed by atoms with van der Waals surface area (Å²) in [6.45, 7) is 0.368. The highest BCUT2D eigenvalue weighted by atomic mass is 35.5. The second kappa shape index (κ2) is 5.59. The molecule has 1 aliphatic rings. The number of benzene rings is 1. The van der Waals surface area contributed by atoms with Crippen LogP contribution in [0.2, 0.25) is 5.02 Å². The summed E-state index contributed by atoms with van der Waals surface area (Å²) in [6.07, 6.45) is 0.204. The lowest BCUT2D eigenvalue weighted by Crippen LogP contribution is -2.34. The number of hydrogen-bond acceptors (Lipinski definition) is 3. The summed E-state index contributed by atoms with van der Waals surface area (Å²) in [5, 5.41) is 1.77. The summed E-state index contributed by atoms with van der Waals surface area (Å²) in [5.41, 5.74) is 0.754. The minimum Gasteiger partial charge on any atom is -0.312 e. The Morgan fingerprint density at radius 3 is 2.63 bits per heavy atom. The third-order valence-electron chi connectivity index (χ3n) is 3.20. The van der Waals surface area contributed by atoms with Gasteiger partial charge in [-0.05, 0) is 24.3 Å². The smallest absolute Gasteiger partial charge is 0.251 e. The topological polar surface area (TPSA) is 49.9 Å². The zero-order valence-corrected chi connectivity index (χ0v) is 11.6. The van der Waals surface area contributed by atoms with Gasteiger partial charge in [0.2, 0.25) is 5.91 Å². The van der Waals surface area contributed by atoms with Gasteiger partial charge in [-0.25, -0.2) is 5.06 Å². The van der Waals surface area contributed by atoms with Crippen LogP contribution in [0.15, 0.2) is 24.3 Å². The van der Waals surface area contributed by atoms with Crippen LogP contribution in [0.1, 0.15) is 6.42 Å². The molecule has 1 heterocycles. The quantitative estimate of drug-likeness (QED) is 0.793. The summed E-state index contributed by atoms with van der Waals surface area (Å²) in [7, 11) is 2.96. The Labute approximate surface area is 116 Å². The highest BCUT2D eigenvalue weighted by Gasteiger charge is 2.36. The number of rotatable bonds is 3. The van der Waals surface area contributed by atoms with Crippen molar-refractivity contribution in [1.82, 2.24) is 5.06 Å². The molecule has 0 bridgehead atoms. The molecule has 1 fully saturated rings. The number of nitrogens with zero attached hydrogens (tertiary/aromatic N) is 2. The van der Waals surface area contributed by atoms with E-state index in [1.54, 1.807) is 29.2 Å². The molecule has 0 aliphatic carbocycles. The molecule has 19 heavy (non-hydrogen) atoms.